The highest BCUT2D eigenvalue weighted by Gasteiger charge is 2.32. The molecule has 1 heterocycles. The Morgan fingerprint density at radius 1 is 1.03 bits per heavy atom. The van der Waals surface area contributed by atoms with E-state index in [1.54, 1.807) is 12.1 Å². The van der Waals surface area contributed by atoms with Gasteiger partial charge in [0.15, 0.2) is 0 Å². The van der Waals surface area contributed by atoms with Crippen molar-refractivity contribution in [3.63, 3.8) is 0 Å². The minimum absolute atomic E-state index is 0.0265. The fraction of sp³-hybridized carbons (Fsp3) is 0.435. The summed E-state index contributed by atoms with van der Waals surface area (Å²) < 4.78 is 27.4. The van der Waals surface area contributed by atoms with Crippen LogP contribution in [0, 0.1) is 19.8 Å². The van der Waals surface area contributed by atoms with Gasteiger partial charge in [0, 0.05) is 24.7 Å². The molecule has 1 aliphatic heterocycles. The van der Waals surface area contributed by atoms with Crippen LogP contribution in [0.1, 0.15) is 49.3 Å². The number of aryl methyl sites for hydroxylation is 2. The lowest BCUT2D eigenvalue weighted by Crippen LogP contribution is -2.41. The van der Waals surface area contributed by atoms with Crippen LogP contribution in [0.3, 0.4) is 0 Å². The summed E-state index contributed by atoms with van der Waals surface area (Å²) in [5.74, 6) is 0.110. The Morgan fingerprint density at radius 2 is 1.69 bits per heavy atom. The summed E-state index contributed by atoms with van der Waals surface area (Å²) in [4.78, 5) is 13.1. The molecule has 0 aromatic heterocycles. The normalized spacial score (nSPS) is 16.2. The first kappa shape index (κ1) is 21.5. The van der Waals surface area contributed by atoms with E-state index in [4.69, 9.17) is 0 Å². The zero-order chi connectivity index (χ0) is 21.2. The van der Waals surface area contributed by atoms with Crippen LogP contribution in [0.15, 0.2) is 47.4 Å². The van der Waals surface area contributed by atoms with Crippen LogP contribution in [-0.4, -0.2) is 31.7 Å². The molecule has 5 nitrogen and oxygen atoms in total. The molecule has 156 valence electrons. The monoisotopic (exact) mass is 414 g/mol. The second-order valence-corrected chi connectivity index (χ2v) is 10.1. The van der Waals surface area contributed by atoms with E-state index in [2.05, 4.69) is 19.2 Å². The van der Waals surface area contributed by atoms with Crippen LogP contribution in [-0.2, 0) is 14.8 Å². The average Bonchev–Trinajstić information content (AvgIpc) is 2.70. The smallest absolute Gasteiger partial charge is 0.243 e. The van der Waals surface area contributed by atoms with Crippen molar-refractivity contribution >= 4 is 21.6 Å². The van der Waals surface area contributed by atoms with Gasteiger partial charge >= 0.3 is 0 Å². The zero-order valence-electron chi connectivity index (χ0n) is 17.6. The number of carbonyl (C=O) groups excluding carboxylic acids is 1. The molecule has 6 heteroatoms. The van der Waals surface area contributed by atoms with Crippen LogP contribution in [0.2, 0.25) is 0 Å². The summed E-state index contributed by atoms with van der Waals surface area (Å²) in [6.45, 7) is 8.80. The number of para-hydroxylation sites is 1. The number of sulfonamides is 1. The summed E-state index contributed by atoms with van der Waals surface area (Å²) in [7, 11) is -3.53. The lowest BCUT2D eigenvalue weighted by atomic mass is 9.96. The van der Waals surface area contributed by atoms with E-state index in [-0.39, 0.29) is 11.8 Å². The van der Waals surface area contributed by atoms with Crippen molar-refractivity contribution in [3.8, 4) is 0 Å². The lowest BCUT2D eigenvalue weighted by molar-refractivity contribution is -0.120. The van der Waals surface area contributed by atoms with Crippen LogP contribution in [0.25, 0.3) is 0 Å². The predicted molar refractivity (Wildman–Crippen MR) is 117 cm³/mol. The summed E-state index contributed by atoms with van der Waals surface area (Å²) in [5.41, 5.74) is 3.98. The molecule has 0 bridgehead atoms. The highest BCUT2D eigenvalue weighted by Crippen LogP contribution is 2.28. The second kappa shape index (κ2) is 8.67. The number of piperidine rings is 1. The molecule has 2 aromatic carbocycles. The number of benzene rings is 2. The number of amides is 1. The number of anilines is 1. The molecule has 1 fully saturated rings. The SMILES string of the molecule is Cc1ccc(S(=O)(=O)N2CCC(C(=O)Nc3ccccc3C(C)C)CC2)cc1C. The maximum atomic E-state index is 13.0. The first-order chi connectivity index (χ1) is 13.7. The third-order valence-electron chi connectivity index (χ3n) is 5.78. The van der Waals surface area contributed by atoms with Gasteiger partial charge in [-0.25, -0.2) is 8.42 Å². The number of hydrogen-bond acceptors (Lipinski definition) is 3. The first-order valence-electron chi connectivity index (χ1n) is 10.2. The van der Waals surface area contributed by atoms with E-state index in [1.807, 2.05) is 44.2 Å². The first-order valence-corrected chi connectivity index (χ1v) is 11.6. The molecule has 1 amide bonds. The topological polar surface area (TPSA) is 66.5 Å². The van der Waals surface area contributed by atoms with Crippen molar-refractivity contribution in [1.29, 1.82) is 0 Å². The Bertz CT molecular complexity index is 991. The average molecular weight is 415 g/mol. The molecule has 0 radical (unpaired) electrons. The Balaban J connectivity index is 1.66. The van der Waals surface area contributed by atoms with Gasteiger partial charge in [-0.3, -0.25) is 4.79 Å². The summed E-state index contributed by atoms with van der Waals surface area (Å²) >= 11 is 0. The molecule has 0 atom stereocenters. The summed E-state index contributed by atoms with van der Waals surface area (Å²) in [5, 5.41) is 3.05. The number of nitrogens with zero attached hydrogens (tertiary/aromatic N) is 1. The van der Waals surface area contributed by atoms with E-state index >= 15 is 0 Å². The van der Waals surface area contributed by atoms with Gasteiger partial charge in [0.05, 0.1) is 4.90 Å². The van der Waals surface area contributed by atoms with E-state index in [0.717, 1.165) is 22.4 Å². The molecule has 1 N–H and O–H groups in total. The van der Waals surface area contributed by atoms with Gasteiger partial charge in [0.25, 0.3) is 0 Å². The Labute approximate surface area is 174 Å². The van der Waals surface area contributed by atoms with Crippen molar-refractivity contribution in [2.45, 2.75) is 51.3 Å². The van der Waals surface area contributed by atoms with E-state index in [1.165, 1.54) is 4.31 Å². The third kappa shape index (κ3) is 4.70. The maximum Gasteiger partial charge on any atom is 0.243 e. The molecular formula is C23H30N2O3S. The van der Waals surface area contributed by atoms with Gasteiger partial charge in [-0.1, -0.05) is 38.1 Å². The summed E-state index contributed by atoms with van der Waals surface area (Å²) in [6, 6.07) is 13.1. The fourth-order valence-corrected chi connectivity index (χ4v) is 5.29. The van der Waals surface area contributed by atoms with Gasteiger partial charge in [-0.15, -0.1) is 0 Å². The Kier molecular flexibility index (Phi) is 6.44. The van der Waals surface area contributed by atoms with Crippen LogP contribution >= 0.6 is 0 Å². The molecule has 0 saturated carbocycles. The lowest BCUT2D eigenvalue weighted by Gasteiger charge is -2.31. The molecule has 1 aliphatic rings. The van der Waals surface area contributed by atoms with Crippen molar-refractivity contribution in [1.82, 2.24) is 4.31 Å². The predicted octanol–water partition coefficient (Wildman–Crippen LogP) is 4.47. The molecule has 2 aromatic rings. The minimum Gasteiger partial charge on any atom is -0.326 e. The maximum absolute atomic E-state index is 13.0. The number of rotatable bonds is 5. The highest BCUT2D eigenvalue weighted by atomic mass is 32.2. The van der Waals surface area contributed by atoms with E-state index in [9.17, 15) is 13.2 Å². The number of nitrogens with one attached hydrogen (secondary N) is 1. The van der Waals surface area contributed by atoms with Gasteiger partial charge in [-0.2, -0.15) is 4.31 Å². The zero-order valence-corrected chi connectivity index (χ0v) is 18.4. The van der Waals surface area contributed by atoms with Gasteiger partial charge in [-0.05, 0) is 67.5 Å². The minimum atomic E-state index is -3.53. The Morgan fingerprint density at radius 3 is 2.31 bits per heavy atom. The highest BCUT2D eigenvalue weighted by molar-refractivity contribution is 7.89. The molecule has 1 saturated heterocycles. The standard InChI is InChI=1S/C23H30N2O3S/c1-16(2)21-7-5-6-8-22(21)24-23(26)19-11-13-25(14-12-19)29(27,28)20-10-9-17(3)18(4)15-20/h5-10,15-16,19H,11-14H2,1-4H3,(H,24,26). The van der Waals surface area contributed by atoms with Crippen LogP contribution in [0.5, 0.6) is 0 Å². The molecule has 0 spiro atoms. The summed E-state index contributed by atoms with van der Waals surface area (Å²) in [6.07, 6.45) is 1.06. The third-order valence-corrected chi connectivity index (χ3v) is 7.68. The fourth-order valence-electron chi connectivity index (χ4n) is 3.73. The second-order valence-electron chi connectivity index (χ2n) is 8.16. The number of hydrogen-bond donors (Lipinski definition) is 1. The molecule has 3 rings (SSSR count). The Hall–Kier alpha value is -2.18. The van der Waals surface area contributed by atoms with Crippen LogP contribution < -0.4 is 5.32 Å². The van der Waals surface area contributed by atoms with Crippen LogP contribution in [0.4, 0.5) is 5.69 Å². The number of carbonyl (C=O) groups is 1. The largest absolute Gasteiger partial charge is 0.326 e. The van der Waals surface area contributed by atoms with Gasteiger partial charge in [0.2, 0.25) is 15.9 Å². The van der Waals surface area contributed by atoms with Crippen molar-refractivity contribution < 1.29 is 13.2 Å². The van der Waals surface area contributed by atoms with E-state index < -0.39 is 10.0 Å². The van der Waals surface area contributed by atoms with Gasteiger partial charge < -0.3 is 5.32 Å². The molecule has 0 unspecified atom stereocenters. The van der Waals surface area contributed by atoms with Crippen molar-refractivity contribution in [2.75, 3.05) is 18.4 Å². The molecular weight excluding hydrogens is 384 g/mol. The van der Waals surface area contributed by atoms with Crippen molar-refractivity contribution in [2.24, 2.45) is 5.92 Å². The van der Waals surface area contributed by atoms with Gasteiger partial charge in [0.1, 0.15) is 0 Å². The van der Waals surface area contributed by atoms with E-state index in [0.29, 0.717) is 36.7 Å². The quantitative estimate of drug-likeness (QED) is 0.785. The molecule has 0 aliphatic carbocycles. The molecule has 29 heavy (non-hydrogen) atoms. The van der Waals surface area contributed by atoms with Crippen molar-refractivity contribution in [3.05, 3.63) is 59.2 Å².